The molecule has 0 saturated heterocycles. The van der Waals surface area contributed by atoms with E-state index in [4.69, 9.17) is 16.7 Å². The molecule has 0 aliphatic heterocycles. The van der Waals surface area contributed by atoms with Crippen LogP contribution in [0.1, 0.15) is 29.2 Å². The molecule has 1 fully saturated rings. The zero-order valence-electron chi connectivity index (χ0n) is 8.64. The molecular weight excluding hydrogens is 262 g/mol. The van der Waals surface area contributed by atoms with Gasteiger partial charge in [0.1, 0.15) is 0 Å². The third-order valence-electron chi connectivity index (χ3n) is 2.85. The fraction of sp³-hybridized carbons (Fsp3) is 0.273. The molecule has 0 unspecified atom stereocenters. The van der Waals surface area contributed by atoms with Crippen LogP contribution < -0.4 is 5.56 Å². The molecule has 1 aliphatic carbocycles. The van der Waals surface area contributed by atoms with Gasteiger partial charge in [-0.2, -0.15) is 0 Å². The summed E-state index contributed by atoms with van der Waals surface area (Å²) < 4.78 is 2.42. The van der Waals surface area contributed by atoms with E-state index in [1.54, 1.807) is 6.07 Å². The number of carboxylic acids is 1. The predicted octanol–water partition coefficient (Wildman–Crippen LogP) is 2.75. The third-order valence-corrected chi connectivity index (χ3v) is 4.15. The number of pyridine rings is 1. The Morgan fingerprint density at radius 2 is 2.24 bits per heavy atom. The van der Waals surface area contributed by atoms with Crippen molar-refractivity contribution in [3.05, 3.63) is 32.5 Å². The number of halogens is 1. The van der Waals surface area contributed by atoms with Crippen molar-refractivity contribution in [2.45, 2.75) is 18.9 Å². The first kappa shape index (κ1) is 10.8. The second-order valence-corrected chi connectivity index (χ2v) is 5.77. The summed E-state index contributed by atoms with van der Waals surface area (Å²) in [5.41, 5.74) is 0.0130. The molecule has 17 heavy (non-hydrogen) atoms. The first-order valence-electron chi connectivity index (χ1n) is 5.15. The highest BCUT2D eigenvalue weighted by Gasteiger charge is 2.27. The summed E-state index contributed by atoms with van der Waals surface area (Å²) in [4.78, 5) is 23.3. The van der Waals surface area contributed by atoms with Crippen molar-refractivity contribution in [1.82, 2.24) is 4.57 Å². The van der Waals surface area contributed by atoms with Gasteiger partial charge in [0.15, 0.2) is 0 Å². The Labute approximate surface area is 105 Å². The van der Waals surface area contributed by atoms with E-state index >= 15 is 0 Å². The van der Waals surface area contributed by atoms with Crippen molar-refractivity contribution >= 4 is 39.0 Å². The lowest BCUT2D eigenvalue weighted by molar-refractivity contribution is 0.0698. The molecule has 0 radical (unpaired) electrons. The van der Waals surface area contributed by atoms with Gasteiger partial charge in [-0.1, -0.05) is 11.6 Å². The molecule has 2 heterocycles. The molecule has 1 aliphatic rings. The standard InChI is InChI=1S/C11H8ClNO3S/c12-8-3-6-9(17-8)7(11(15)16)4-13(10(6)14)5-1-2-5/h3-5H,1-2H2,(H,15,16). The van der Waals surface area contributed by atoms with Crippen LogP contribution in [-0.2, 0) is 0 Å². The van der Waals surface area contributed by atoms with E-state index in [1.807, 2.05) is 0 Å². The maximum Gasteiger partial charge on any atom is 0.338 e. The zero-order chi connectivity index (χ0) is 12.2. The fourth-order valence-electron chi connectivity index (χ4n) is 1.89. The Balaban J connectivity index is 2.41. The lowest BCUT2D eigenvalue weighted by Crippen LogP contribution is -2.20. The summed E-state index contributed by atoms with van der Waals surface area (Å²) in [6.45, 7) is 0. The van der Waals surface area contributed by atoms with Crippen LogP contribution in [0.5, 0.6) is 0 Å². The van der Waals surface area contributed by atoms with Crippen molar-refractivity contribution in [1.29, 1.82) is 0 Å². The van der Waals surface area contributed by atoms with Crippen LogP contribution in [0.4, 0.5) is 0 Å². The summed E-state index contributed by atoms with van der Waals surface area (Å²) in [5.74, 6) is -1.03. The highest BCUT2D eigenvalue weighted by Crippen LogP contribution is 2.36. The maximum atomic E-state index is 12.1. The molecule has 3 rings (SSSR count). The number of aromatic nitrogens is 1. The highest BCUT2D eigenvalue weighted by atomic mass is 35.5. The number of fused-ring (bicyclic) bond motifs is 1. The molecule has 2 aromatic heterocycles. The van der Waals surface area contributed by atoms with Crippen molar-refractivity contribution in [2.75, 3.05) is 0 Å². The van der Waals surface area contributed by atoms with Crippen molar-refractivity contribution in [3.63, 3.8) is 0 Å². The maximum absolute atomic E-state index is 12.1. The van der Waals surface area contributed by atoms with E-state index in [0.29, 0.717) is 14.4 Å². The van der Waals surface area contributed by atoms with Gasteiger partial charge in [0.2, 0.25) is 0 Å². The van der Waals surface area contributed by atoms with Gasteiger partial charge in [0.05, 0.1) is 20.0 Å². The Morgan fingerprint density at radius 1 is 1.53 bits per heavy atom. The van der Waals surface area contributed by atoms with E-state index in [1.165, 1.54) is 10.8 Å². The van der Waals surface area contributed by atoms with Crippen LogP contribution >= 0.6 is 22.9 Å². The number of carbonyl (C=O) groups is 1. The van der Waals surface area contributed by atoms with Gasteiger partial charge in [-0.05, 0) is 18.9 Å². The van der Waals surface area contributed by atoms with Gasteiger partial charge in [0, 0.05) is 12.2 Å². The molecule has 0 atom stereocenters. The van der Waals surface area contributed by atoms with Gasteiger partial charge in [-0.15, -0.1) is 11.3 Å². The lowest BCUT2D eigenvalue weighted by atomic mass is 10.2. The molecule has 0 aromatic carbocycles. The number of thiophene rings is 1. The lowest BCUT2D eigenvalue weighted by Gasteiger charge is -2.05. The van der Waals surface area contributed by atoms with Crippen molar-refractivity contribution in [3.8, 4) is 0 Å². The van der Waals surface area contributed by atoms with Crippen LogP contribution in [0.3, 0.4) is 0 Å². The summed E-state index contributed by atoms with van der Waals surface area (Å²) in [7, 11) is 0. The summed E-state index contributed by atoms with van der Waals surface area (Å²) in [5, 5.41) is 9.57. The number of hydrogen-bond donors (Lipinski definition) is 1. The number of aromatic carboxylic acids is 1. The van der Waals surface area contributed by atoms with Gasteiger partial charge in [0.25, 0.3) is 5.56 Å². The molecule has 0 amide bonds. The van der Waals surface area contributed by atoms with Gasteiger partial charge in [-0.25, -0.2) is 4.79 Å². The fourth-order valence-corrected chi connectivity index (χ4v) is 3.11. The normalized spacial score (nSPS) is 15.4. The minimum Gasteiger partial charge on any atom is -0.478 e. The summed E-state index contributed by atoms with van der Waals surface area (Å²) in [6, 6.07) is 1.71. The van der Waals surface area contributed by atoms with Gasteiger partial charge in [-0.3, -0.25) is 4.79 Å². The van der Waals surface area contributed by atoms with Crippen LogP contribution in [0.25, 0.3) is 10.1 Å². The average molecular weight is 270 g/mol. The van der Waals surface area contributed by atoms with Crippen molar-refractivity contribution in [2.24, 2.45) is 0 Å². The molecule has 1 saturated carbocycles. The van der Waals surface area contributed by atoms with E-state index < -0.39 is 5.97 Å². The first-order valence-corrected chi connectivity index (χ1v) is 6.35. The largest absolute Gasteiger partial charge is 0.478 e. The Morgan fingerprint density at radius 3 is 2.82 bits per heavy atom. The summed E-state index contributed by atoms with van der Waals surface area (Å²) >= 11 is 6.99. The number of rotatable bonds is 2. The van der Waals surface area contributed by atoms with Gasteiger partial charge < -0.3 is 9.67 Å². The monoisotopic (exact) mass is 269 g/mol. The Bertz CT molecular complexity index is 684. The summed E-state index contributed by atoms with van der Waals surface area (Å²) in [6.07, 6.45) is 3.31. The van der Waals surface area contributed by atoms with Crippen LogP contribution in [0.2, 0.25) is 4.34 Å². The molecule has 2 aromatic rings. The van der Waals surface area contributed by atoms with E-state index in [9.17, 15) is 9.59 Å². The second-order valence-electron chi connectivity index (χ2n) is 4.08. The molecule has 0 spiro atoms. The van der Waals surface area contributed by atoms with Crippen LogP contribution in [-0.4, -0.2) is 15.6 Å². The number of carboxylic acid groups (broad SMARTS) is 1. The minimum absolute atomic E-state index is 0.143. The molecule has 4 nitrogen and oxygen atoms in total. The first-order chi connectivity index (χ1) is 8.08. The second kappa shape index (κ2) is 3.58. The molecule has 0 bridgehead atoms. The third kappa shape index (κ3) is 1.66. The van der Waals surface area contributed by atoms with Gasteiger partial charge >= 0.3 is 5.97 Å². The molecule has 1 N–H and O–H groups in total. The quantitative estimate of drug-likeness (QED) is 0.912. The van der Waals surface area contributed by atoms with Crippen LogP contribution in [0, 0.1) is 0 Å². The molecular formula is C11H8ClNO3S. The SMILES string of the molecule is O=C(O)c1cn(C2CC2)c(=O)c2cc(Cl)sc12. The van der Waals surface area contributed by atoms with Crippen LogP contribution in [0.15, 0.2) is 17.1 Å². The Hall–Kier alpha value is -1.33. The predicted molar refractivity (Wildman–Crippen MR) is 66.3 cm³/mol. The van der Waals surface area contributed by atoms with Crippen molar-refractivity contribution < 1.29 is 9.90 Å². The minimum atomic E-state index is -1.03. The topological polar surface area (TPSA) is 59.3 Å². The molecule has 6 heteroatoms. The zero-order valence-corrected chi connectivity index (χ0v) is 10.2. The molecule has 88 valence electrons. The van der Waals surface area contributed by atoms with E-state index in [0.717, 1.165) is 24.2 Å². The Kier molecular flexibility index (Phi) is 2.27. The van der Waals surface area contributed by atoms with E-state index in [2.05, 4.69) is 0 Å². The number of hydrogen-bond acceptors (Lipinski definition) is 3. The highest BCUT2D eigenvalue weighted by molar-refractivity contribution is 7.23. The average Bonchev–Trinajstić information content (AvgIpc) is 3.01. The smallest absolute Gasteiger partial charge is 0.338 e. The number of nitrogens with zero attached hydrogens (tertiary/aromatic N) is 1. The van der Waals surface area contributed by atoms with E-state index in [-0.39, 0.29) is 17.2 Å².